The maximum absolute atomic E-state index is 12.1. The fourth-order valence-corrected chi connectivity index (χ4v) is 2.60. The Bertz CT molecular complexity index is 651. The molecule has 0 spiro atoms. The molecule has 0 bridgehead atoms. The van der Waals surface area contributed by atoms with Gasteiger partial charge in [-0.1, -0.05) is 43.0 Å². The molecule has 0 N–H and O–H groups in total. The van der Waals surface area contributed by atoms with E-state index in [0.29, 0.717) is 22.4 Å². The lowest BCUT2D eigenvalue weighted by atomic mass is 9.99. The molecule has 0 saturated heterocycles. The number of carbonyl (C=O) groups excluding carboxylic acids is 1. The van der Waals surface area contributed by atoms with Crippen molar-refractivity contribution in [2.75, 3.05) is 13.7 Å². The first kappa shape index (κ1) is 15.3. The fourth-order valence-electron chi connectivity index (χ4n) is 1.98. The minimum atomic E-state index is -0.412. The lowest BCUT2D eigenvalue weighted by Gasteiger charge is -2.14. The molecule has 108 valence electrons. The standard InChI is InChI=1S/C17H15BrO3/c1-3-11-21-14-10-9-13(12-7-5-4-6-8-12)15(16(14)18)17(19)20-2/h3-10H,1,11H2,2H3. The van der Waals surface area contributed by atoms with E-state index in [1.807, 2.05) is 42.5 Å². The summed E-state index contributed by atoms with van der Waals surface area (Å²) < 4.78 is 11.0. The highest BCUT2D eigenvalue weighted by Gasteiger charge is 2.20. The highest BCUT2D eigenvalue weighted by Crippen LogP contribution is 2.36. The first-order valence-corrected chi connectivity index (χ1v) is 7.18. The zero-order valence-electron chi connectivity index (χ0n) is 11.6. The Morgan fingerprint density at radius 1 is 1.24 bits per heavy atom. The van der Waals surface area contributed by atoms with E-state index in [0.717, 1.165) is 11.1 Å². The Kier molecular flexibility index (Phi) is 5.17. The van der Waals surface area contributed by atoms with Gasteiger partial charge in [0.05, 0.1) is 17.1 Å². The number of benzene rings is 2. The number of ether oxygens (including phenoxy) is 2. The van der Waals surface area contributed by atoms with Crippen molar-refractivity contribution >= 4 is 21.9 Å². The fraction of sp³-hybridized carbons (Fsp3) is 0.118. The molecule has 0 aliphatic heterocycles. The molecule has 0 amide bonds. The number of carbonyl (C=O) groups is 1. The van der Waals surface area contributed by atoms with Crippen molar-refractivity contribution in [3.05, 3.63) is 65.2 Å². The monoisotopic (exact) mass is 346 g/mol. The average molecular weight is 347 g/mol. The summed E-state index contributed by atoms with van der Waals surface area (Å²) >= 11 is 3.44. The summed E-state index contributed by atoms with van der Waals surface area (Å²) in [6.07, 6.45) is 1.65. The van der Waals surface area contributed by atoms with Gasteiger partial charge in [-0.3, -0.25) is 0 Å². The second-order valence-electron chi connectivity index (χ2n) is 4.26. The predicted octanol–water partition coefficient (Wildman–Crippen LogP) is 4.47. The Labute approximate surface area is 132 Å². The molecule has 0 saturated carbocycles. The molecule has 0 unspecified atom stereocenters. The predicted molar refractivity (Wildman–Crippen MR) is 86.6 cm³/mol. The molecule has 0 heterocycles. The summed E-state index contributed by atoms with van der Waals surface area (Å²) in [5.41, 5.74) is 2.18. The molecule has 0 aliphatic rings. The van der Waals surface area contributed by atoms with Gasteiger partial charge in [0.15, 0.2) is 0 Å². The topological polar surface area (TPSA) is 35.5 Å². The van der Waals surface area contributed by atoms with Gasteiger partial charge in [0.25, 0.3) is 0 Å². The Morgan fingerprint density at radius 2 is 1.95 bits per heavy atom. The van der Waals surface area contributed by atoms with Gasteiger partial charge < -0.3 is 9.47 Å². The second kappa shape index (κ2) is 7.09. The van der Waals surface area contributed by atoms with Crippen LogP contribution in [0, 0.1) is 0 Å². The smallest absolute Gasteiger partial charge is 0.339 e. The van der Waals surface area contributed by atoms with Crippen LogP contribution < -0.4 is 4.74 Å². The average Bonchev–Trinajstić information content (AvgIpc) is 2.53. The van der Waals surface area contributed by atoms with Crippen LogP contribution in [0.3, 0.4) is 0 Å². The summed E-state index contributed by atoms with van der Waals surface area (Å²) in [6, 6.07) is 13.3. The zero-order chi connectivity index (χ0) is 15.2. The SMILES string of the molecule is C=CCOc1ccc(-c2ccccc2)c(C(=O)OC)c1Br. The minimum Gasteiger partial charge on any atom is -0.488 e. The van der Waals surface area contributed by atoms with Crippen LogP contribution in [0.4, 0.5) is 0 Å². The molecule has 2 aromatic rings. The van der Waals surface area contributed by atoms with Crippen molar-refractivity contribution in [3.8, 4) is 16.9 Å². The number of methoxy groups -OCH3 is 1. The summed E-state index contributed by atoms with van der Waals surface area (Å²) in [6.45, 7) is 3.98. The second-order valence-corrected chi connectivity index (χ2v) is 5.05. The van der Waals surface area contributed by atoms with Crippen LogP contribution in [0.1, 0.15) is 10.4 Å². The third-order valence-corrected chi connectivity index (χ3v) is 3.72. The first-order valence-electron chi connectivity index (χ1n) is 6.39. The van der Waals surface area contributed by atoms with Crippen LogP contribution in [0.2, 0.25) is 0 Å². The number of hydrogen-bond acceptors (Lipinski definition) is 3. The van der Waals surface area contributed by atoms with E-state index in [1.54, 1.807) is 6.08 Å². The van der Waals surface area contributed by atoms with E-state index in [9.17, 15) is 4.79 Å². The van der Waals surface area contributed by atoms with Crippen LogP contribution >= 0.6 is 15.9 Å². The van der Waals surface area contributed by atoms with Gasteiger partial charge >= 0.3 is 5.97 Å². The number of rotatable bonds is 5. The van der Waals surface area contributed by atoms with E-state index in [-0.39, 0.29) is 0 Å². The van der Waals surface area contributed by atoms with Gasteiger partial charge in [-0.15, -0.1) is 0 Å². The zero-order valence-corrected chi connectivity index (χ0v) is 13.2. The Hall–Kier alpha value is -2.07. The van der Waals surface area contributed by atoms with Gasteiger partial charge in [-0.2, -0.15) is 0 Å². The normalized spacial score (nSPS) is 10.0. The number of esters is 1. The third-order valence-electron chi connectivity index (χ3n) is 2.94. The van der Waals surface area contributed by atoms with Crippen LogP contribution in [0.5, 0.6) is 5.75 Å². The quantitative estimate of drug-likeness (QED) is 0.591. The minimum absolute atomic E-state index is 0.365. The van der Waals surface area contributed by atoms with Gasteiger partial charge in [-0.05, 0) is 39.2 Å². The molecule has 3 nitrogen and oxygen atoms in total. The van der Waals surface area contributed by atoms with Gasteiger partial charge in [0.2, 0.25) is 0 Å². The molecule has 21 heavy (non-hydrogen) atoms. The van der Waals surface area contributed by atoms with Crippen LogP contribution in [0.25, 0.3) is 11.1 Å². The highest BCUT2D eigenvalue weighted by molar-refractivity contribution is 9.10. The van der Waals surface area contributed by atoms with Crippen molar-refractivity contribution in [3.63, 3.8) is 0 Å². The molecule has 2 rings (SSSR count). The van der Waals surface area contributed by atoms with Gasteiger partial charge in [0, 0.05) is 0 Å². The lowest BCUT2D eigenvalue weighted by molar-refractivity contribution is 0.0600. The van der Waals surface area contributed by atoms with E-state index in [2.05, 4.69) is 22.5 Å². The van der Waals surface area contributed by atoms with E-state index < -0.39 is 5.97 Å². The lowest BCUT2D eigenvalue weighted by Crippen LogP contribution is -2.06. The first-order chi connectivity index (χ1) is 10.2. The summed E-state index contributed by atoms with van der Waals surface area (Å²) in [5, 5.41) is 0. The molecule has 0 fully saturated rings. The number of hydrogen-bond donors (Lipinski definition) is 0. The van der Waals surface area contributed by atoms with Gasteiger partial charge in [0.1, 0.15) is 12.4 Å². The van der Waals surface area contributed by atoms with E-state index in [4.69, 9.17) is 9.47 Å². The van der Waals surface area contributed by atoms with Crippen LogP contribution in [-0.2, 0) is 4.74 Å². The van der Waals surface area contributed by atoms with Gasteiger partial charge in [-0.25, -0.2) is 4.79 Å². The summed E-state index contributed by atoms with van der Waals surface area (Å²) in [7, 11) is 1.36. The van der Waals surface area contributed by atoms with Crippen LogP contribution in [0.15, 0.2) is 59.6 Å². The molecule has 4 heteroatoms. The molecule has 0 aliphatic carbocycles. The van der Waals surface area contributed by atoms with Crippen molar-refractivity contribution in [1.29, 1.82) is 0 Å². The summed E-state index contributed by atoms with van der Waals surface area (Å²) in [5.74, 6) is 0.166. The van der Waals surface area contributed by atoms with E-state index >= 15 is 0 Å². The van der Waals surface area contributed by atoms with Crippen LogP contribution in [-0.4, -0.2) is 19.7 Å². The largest absolute Gasteiger partial charge is 0.488 e. The highest BCUT2D eigenvalue weighted by atomic mass is 79.9. The van der Waals surface area contributed by atoms with Crippen molar-refractivity contribution in [1.82, 2.24) is 0 Å². The maximum atomic E-state index is 12.1. The molecular formula is C17H15BrO3. The van der Waals surface area contributed by atoms with E-state index in [1.165, 1.54) is 7.11 Å². The van der Waals surface area contributed by atoms with Crippen molar-refractivity contribution in [2.24, 2.45) is 0 Å². The Balaban J connectivity index is 2.58. The molecule has 2 aromatic carbocycles. The molecule has 0 aromatic heterocycles. The maximum Gasteiger partial charge on any atom is 0.339 e. The van der Waals surface area contributed by atoms with Crippen molar-refractivity contribution in [2.45, 2.75) is 0 Å². The number of halogens is 1. The molecule has 0 atom stereocenters. The Morgan fingerprint density at radius 3 is 2.57 bits per heavy atom. The summed E-state index contributed by atoms with van der Waals surface area (Å²) in [4.78, 5) is 12.1. The van der Waals surface area contributed by atoms with Crippen molar-refractivity contribution < 1.29 is 14.3 Å². The third kappa shape index (κ3) is 3.34. The molecular weight excluding hydrogens is 332 g/mol. The molecule has 0 radical (unpaired) electrons.